The molecule has 4 aliphatic carbocycles. The summed E-state index contributed by atoms with van der Waals surface area (Å²) in [5.41, 5.74) is 2.07. The van der Waals surface area contributed by atoms with Crippen molar-refractivity contribution in [3.8, 4) is 0 Å². The fourth-order valence-corrected chi connectivity index (χ4v) is 10.1. The summed E-state index contributed by atoms with van der Waals surface area (Å²) in [6, 6.07) is 0. The lowest BCUT2D eigenvalue weighted by molar-refractivity contribution is -0.238. The van der Waals surface area contributed by atoms with Gasteiger partial charge in [-0.05, 0) is 85.4 Å². The Balaban J connectivity index is 1.30. The lowest BCUT2D eigenvalue weighted by Crippen LogP contribution is -2.52. The Morgan fingerprint density at radius 1 is 1.18 bits per heavy atom. The number of carbonyl (C=O) groups excluding carboxylic acids is 2. The van der Waals surface area contributed by atoms with Gasteiger partial charge in [-0.25, -0.2) is 0 Å². The quantitative estimate of drug-likeness (QED) is 0.322. The Kier molecular flexibility index (Phi) is 7.56. The number of hydrogen-bond donors (Lipinski definition) is 1. The molecule has 1 aliphatic heterocycles. The second-order valence-corrected chi connectivity index (χ2v) is 14.1. The van der Waals surface area contributed by atoms with E-state index < -0.39 is 5.79 Å². The molecule has 0 spiro atoms. The van der Waals surface area contributed by atoms with Gasteiger partial charge in [0.2, 0.25) is 5.91 Å². The Hall–Kier alpha value is -1.40. The molecule has 3 saturated carbocycles. The first-order chi connectivity index (χ1) is 17.9. The van der Waals surface area contributed by atoms with Gasteiger partial charge in [-0.15, -0.1) is 0 Å². The smallest absolute Gasteiger partial charge is 0.302 e. The minimum absolute atomic E-state index is 0.0314. The van der Waals surface area contributed by atoms with Crippen molar-refractivity contribution in [1.29, 1.82) is 0 Å². The van der Waals surface area contributed by atoms with Crippen molar-refractivity contribution in [2.75, 3.05) is 13.7 Å². The summed E-state index contributed by atoms with van der Waals surface area (Å²) >= 11 is 0. The average Bonchev–Trinajstić information content (AvgIpc) is 3.31. The number of amides is 1. The summed E-state index contributed by atoms with van der Waals surface area (Å²) in [4.78, 5) is 22.9. The molecule has 5 aliphatic rings. The average molecular weight is 530 g/mol. The molecule has 0 aromatic carbocycles. The largest absolute Gasteiger partial charge is 0.462 e. The lowest BCUT2D eigenvalue weighted by Gasteiger charge is -2.58. The lowest BCUT2D eigenvalue weighted by atomic mass is 9.47. The van der Waals surface area contributed by atoms with Crippen LogP contribution in [0.1, 0.15) is 99.3 Å². The van der Waals surface area contributed by atoms with Crippen LogP contribution in [0.3, 0.4) is 0 Å². The van der Waals surface area contributed by atoms with Gasteiger partial charge in [-0.1, -0.05) is 39.3 Å². The van der Waals surface area contributed by atoms with Crippen LogP contribution in [0.4, 0.5) is 0 Å². The van der Waals surface area contributed by atoms with Crippen molar-refractivity contribution in [3.05, 3.63) is 11.6 Å². The molecule has 1 amide bonds. The van der Waals surface area contributed by atoms with Gasteiger partial charge in [0.05, 0.1) is 6.10 Å². The summed E-state index contributed by atoms with van der Waals surface area (Å²) in [5.74, 6) is 2.74. The molecular weight excluding hydrogens is 478 g/mol. The van der Waals surface area contributed by atoms with Gasteiger partial charge in [-0.2, -0.15) is 0 Å². The predicted octanol–water partition coefficient (Wildman–Crippen LogP) is 6.04. The number of methoxy groups -OCH3 is 1. The van der Waals surface area contributed by atoms with Crippen LogP contribution >= 0.6 is 0 Å². The van der Waals surface area contributed by atoms with Crippen LogP contribution in [0, 0.1) is 46.3 Å². The van der Waals surface area contributed by atoms with E-state index in [9.17, 15) is 9.59 Å². The summed E-state index contributed by atoms with van der Waals surface area (Å²) in [7, 11) is 1.83. The molecule has 1 saturated heterocycles. The number of carbonyl (C=O) groups is 2. The van der Waals surface area contributed by atoms with E-state index in [-0.39, 0.29) is 34.9 Å². The standard InChI is InChI=1S/C32H51NO5/c1-19(18-33-21(3)34)10-15-32(36-7)20(2)29-28(38-32)17-27-25-9-8-23-16-24(37-22(4)35)11-13-30(23,5)26(25)12-14-31(27,29)6/h8,19-20,24-29H,9-18H2,1-7H3,(H,33,34)/t19-,20-,24+,25+,26+,27+,28+,29+,30-,31-,32+/m0/s1. The fourth-order valence-electron chi connectivity index (χ4n) is 10.1. The van der Waals surface area contributed by atoms with Gasteiger partial charge in [0, 0.05) is 46.3 Å². The maximum atomic E-state index is 11.6. The highest BCUT2D eigenvalue weighted by atomic mass is 16.7. The van der Waals surface area contributed by atoms with Gasteiger partial charge in [0.15, 0.2) is 5.79 Å². The van der Waals surface area contributed by atoms with Crippen LogP contribution in [0.2, 0.25) is 0 Å². The molecule has 6 heteroatoms. The van der Waals surface area contributed by atoms with Gasteiger partial charge in [0.1, 0.15) is 6.10 Å². The normalized spacial score (nSPS) is 46.2. The minimum Gasteiger partial charge on any atom is -0.462 e. The van der Waals surface area contributed by atoms with Crippen molar-refractivity contribution in [2.24, 2.45) is 46.3 Å². The zero-order chi connectivity index (χ0) is 27.5. The second-order valence-electron chi connectivity index (χ2n) is 14.1. The van der Waals surface area contributed by atoms with Crippen molar-refractivity contribution < 1.29 is 23.8 Å². The minimum atomic E-state index is -0.522. The molecule has 0 bridgehead atoms. The molecule has 0 aromatic rings. The maximum Gasteiger partial charge on any atom is 0.302 e. The molecule has 6 nitrogen and oxygen atoms in total. The number of allylic oxidation sites excluding steroid dienone is 1. The highest BCUT2D eigenvalue weighted by molar-refractivity contribution is 5.72. The Morgan fingerprint density at radius 2 is 1.95 bits per heavy atom. The van der Waals surface area contributed by atoms with Gasteiger partial charge in [0.25, 0.3) is 0 Å². The number of ether oxygens (including phenoxy) is 3. The van der Waals surface area contributed by atoms with Crippen LogP contribution < -0.4 is 5.32 Å². The van der Waals surface area contributed by atoms with Crippen LogP contribution in [0.25, 0.3) is 0 Å². The third-order valence-corrected chi connectivity index (χ3v) is 12.1. The highest BCUT2D eigenvalue weighted by Crippen LogP contribution is 2.70. The monoisotopic (exact) mass is 529 g/mol. The number of fused-ring (bicyclic) bond motifs is 7. The zero-order valence-corrected chi connectivity index (χ0v) is 24.8. The van der Waals surface area contributed by atoms with Gasteiger partial charge >= 0.3 is 5.97 Å². The Morgan fingerprint density at radius 3 is 2.63 bits per heavy atom. The Bertz CT molecular complexity index is 963. The second kappa shape index (κ2) is 10.2. The van der Waals surface area contributed by atoms with E-state index in [1.54, 1.807) is 12.5 Å². The molecular formula is C32H51NO5. The molecule has 1 N–H and O–H groups in total. The topological polar surface area (TPSA) is 73.9 Å². The summed E-state index contributed by atoms with van der Waals surface area (Å²) in [5, 5.41) is 2.96. The van der Waals surface area contributed by atoms with Crippen LogP contribution in [0.5, 0.6) is 0 Å². The van der Waals surface area contributed by atoms with Crippen molar-refractivity contribution in [2.45, 2.75) is 117 Å². The first-order valence-electron chi connectivity index (χ1n) is 15.3. The van der Waals surface area contributed by atoms with E-state index >= 15 is 0 Å². The van der Waals surface area contributed by atoms with E-state index in [4.69, 9.17) is 14.2 Å². The summed E-state index contributed by atoms with van der Waals surface area (Å²) in [6.07, 6.45) is 12.6. The zero-order valence-electron chi connectivity index (χ0n) is 24.8. The van der Waals surface area contributed by atoms with Gasteiger partial charge < -0.3 is 19.5 Å². The first-order valence-corrected chi connectivity index (χ1v) is 15.3. The van der Waals surface area contributed by atoms with E-state index in [0.717, 1.165) is 50.9 Å². The number of nitrogens with one attached hydrogen (secondary N) is 1. The third-order valence-electron chi connectivity index (χ3n) is 12.1. The van der Waals surface area contributed by atoms with E-state index in [0.29, 0.717) is 36.1 Å². The first kappa shape index (κ1) is 28.1. The number of esters is 1. The fraction of sp³-hybridized carbons (Fsp3) is 0.875. The van der Waals surface area contributed by atoms with Crippen LogP contribution in [0.15, 0.2) is 11.6 Å². The van der Waals surface area contributed by atoms with Gasteiger partial charge in [-0.3, -0.25) is 9.59 Å². The molecule has 0 radical (unpaired) electrons. The van der Waals surface area contributed by atoms with E-state index in [2.05, 4.69) is 39.1 Å². The van der Waals surface area contributed by atoms with E-state index in [1.807, 2.05) is 7.11 Å². The van der Waals surface area contributed by atoms with Crippen LogP contribution in [-0.4, -0.2) is 43.5 Å². The summed E-state index contributed by atoms with van der Waals surface area (Å²) in [6.45, 7) is 13.5. The molecule has 38 heavy (non-hydrogen) atoms. The van der Waals surface area contributed by atoms with Crippen molar-refractivity contribution in [1.82, 2.24) is 5.32 Å². The molecule has 5 rings (SSSR count). The molecule has 214 valence electrons. The Labute approximate surface area is 230 Å². The molecule has 0 unspecified atom stereocenters. The maximum absolute atomic E-state index is 11.6. The molecule has 4 fully saturated rings. The number of hydrogen-bond acceptors (Lipinski definition) is 5. The molecule has 1 heterocycles. The summed E-state index contributed by atoms with van der Waals surface area (Å²) < 4.78 is 18.8. The SMILES string of the molecule is CO[C@]1(CC[C@H](C)CNC(C)=O)O[C@@H]2C[C@@H]3[C@@H]4CC=C5C[C@H](OC(C)=O)CC[C@]5(C)[C@@H]4CC[C@]3(C)[C@@H]2[C@@H]1C. The van der Waals surface area contributed by atoms with Crippen LogP contribution in [-0.2, 0) is 23.8 Å². The van der Waals surface area contributed by atoms with E-state index in [1.165, 1.54) is 19.8 Å². The predicted molar refractivity (Wildman–Crippen MR) is 147 cm³/mol. The van der Waals surface area contributed by atoms with Crippen molar-refractivity contribution in [3.63, 3.8) is 0 Å². The number of rotatable bonds is 7. The molecule has 11 atom stereocenters. The highest BCUT2D eigenvalue weighted by Gasteiger charge is 2.68. The molecule has 0 aromatic heterocycles. The third kappa shape index (κ3) is 4.56. The van der Waals surface area contributed by atoms with Crippen molar-refractivity contribution >= 4 is 11.9 Å².